The average Bonchev–Trinajstić information content (AvgIpc) is 2.67. The van der Waals surface area contributed by atoms with Crippen LogP contribution in [0.25, 0.3) is 5.69 Å². The Morgan fingerprint density at radius 3 is 2.71 bits per heavy atom. The van der Waals surface area contributed by atoms with Crippen LogP contribution in [0.5, 0.6) is 0 Å². The first-order chi connectivity index (χ1) is 6.81. The van der Waals surface area contributed by atoms with Crippen molar-refractivity contribution < 1.29 is 5.11 Å². The molecular formula is C10H9ClN2O. The summed E-state index contributed by atoms with van der Waals surface area (Å²) in [5, 5.41) is 13.6. The van der Waals surface area contributed by atoms with Gasteiger partial charge >= 0.3 is 0 Å². The predicted octanol–water partition coefficient (Wildman–Crippen LogP) is 2.02. The first kappa shape index (κ1) is 9.24. The SMILES string of the molecule is OCc1ccn(-c2ccccc2Cl)n1. The number of aliphatic hydroxyl groups excluding tert-OH is 1. The summed E-state index contributed by atoms with van der Waals surface area (Å²) in [4.78, 5) is 0. The van der Waals surface area contributed by atoms with Gasteiger partial charge in [0.1, 0.15) is 0 Å². The van der Waals surface area contributed by atoms with Gasteiger partial charge in [0, 0.05) is 6.20 Å². The minimum atomic E-state index is -0.0581. The summed E-state index contributed by atoms with van der Waals surface area (Å²) in [5.41, 5.74) is 1.44. The average molecular weight is 209 g/mol. The van der Waals surface area contributed by atoms with Gasteiger partial charge in [0.05, 0.1) is 23.0 Å². The molecule has 0 unspecified atom stereocenters. The van der Waals surface area contributed by atoms with E-state index in [1.54, 1.807) is 23.0 Å². The maximum absolute atomic E-state index is 8.86. The highest BCUT2D eigenvalue weighted by atomic mass is 35.5. The van der Waals surface area contributed by atoms with Crippen molar-refractivity contribution in [2.24, 2.45) is 0 Å². The van der Waals surface area contributed by atoms with Crippen molar-refractivity contribution >= 4 is 11.6 Å². The van der Waals surface area contributed by atoms with E-state index in [0.717, 1.165) is 5.69 Å². The number of aromatic nitrogens is 2. The first-order valence-electron chi connectivity index (χ1n) is 4.21. The fourth-order valence-corrected chi connectivity index (χ4v) is 1.44. The van der Waals surface area contributed by atoms with Crippen LogP contribution in [0.2, 0.25) is 5.02 Å². The molecule has 0 amide bonds. The highest BCUT2D eigenvalue weighted by Crippen LogP contribution is 2.18. The van der Waals surface area contributed by atoms with Crippen molar-refractivity contribution in [1.29, 1.82) is 0 Å². The van der Waals surface area contributed by atoms with Crippen LogP contribution in [-0.2, 0) is 6.61 Å². The normalized spacial score (nSPS) is 10.4. The lowest BCUT2D eigenvalue weighted by Gasteiger charge is -2.02. The van der Waals surface area contributed by atoms with Crippen molar-refractivity contribution in [3.8, 4) is 5.69 Å². The fourth-order valence-electron chi connectivity index (χ4n) is 1.22. The second kappa shape index (κ2) is 3.82. The molecule has 0 fully saturated rings. The molecule has 1 heterocycles. The van der Waals surface area contributed by atoms with Gasteiger partial charge in [0.2, 0.25) is 0 Å². The topological polar surface area (TPSA) is 38.0 Å². The molecule has 1 N–H and O–H groups in total. The molecule has 0 bridgehead atoms. The van der Waals surface area contributed by atoms with Crippen molar-refractivity contribution in [2.45, 2.75) is 6.61 Å². The molecule has 4 heteroatoms. The summed E-state index contributed by atoms with van der Waals surface area (Å²) >= 11 is 5.99. The van der Waals surface area contributed by atoms with Gasteiger partial charge in [0.15, 0.2) is 0 Å². The third kappa shape index (κ3) is 1.64. The highest BCUT2D eigenvalue weighted by molar-refractivity contribution is 6.32. The van der Waals surface area contributed by atoms with E-state index in [0.29, 0.717) is 10.7 Å². The number of aliphatic hydroxyl groups is 1. The molecule has 0 aliphatic heterocycles. The van der Waals surface area contributed by atoms with Crippen LogP contribution in [0.4, 0.5) is 0 Å². The van der Waals surface area contributed by atoms with E-state index in [9.17, 15) is 0 Å². The van der Waals surface area contributed by atoms with Gasteiger partial charge in [-0.1, -0.05) is 23.7 Å². The van der Waals surface area contributed by atoms with Crippen LogP contribution in [0.1, 0.15) is 5.69 Å². The molecule has 72 valence electrons. The minimum Gasteiger partial charge on any atom is -0.390 e. The van der Waals surface area contributed by atoms with Crippen LogP contribution in [0, 0.1) is 0 Å². The molecule has 0 saturated heterocycles. The molecule has 0 saturated carbocycles. The Morgan fingerprint density at radius 2 is 2.07 bits per heavy atom. The van der Waals surface area contributed by atoms with Gasteiger partial charge in [-0.2, -0.15) is 5.10 Å². The van der Waals surface area contributed by atoms with Gasteiger partial charge in [-0.25, -0.2) is 4.68 Å². The third-order valence-corrected chi connectivity index (χ3v) is 2.23. The van der Waals surface area contributed by atoms with E-state index in [-0.39, 0.29) is 6.61 Å². The number of rotatable bonds is 2. The lowest BCUT2D eigenvalue weighted by Crippen LogP contribution is -1.96. The van der Waals surface area contributed by atoms with E-state index in [2.05, 4.69) is 5.10 Å². The molecule has 2 rings (SSSR count). The quantitative estimate of drug-likeness (QED) is 0.820. The number of hydrogen-bond acceptors (Lipinski definition) is 2. The van der Waals surface area contributed by atoms with Gasteiger partial charge in [-0.15, -0.1) is 0 Å². The second-order valence-electron chi connectivity index (χ2n) is 2.86. The Kier molecular flexibility index (Phi) is 2.52. The number of benzene rings is 1. The number of para-hydroxylation sites is 1. The summed E-state index contributed by atoms with van der Waals surface area (Å²) in [6.45, 7) is -0.0581. The molecular weight excluding hydrogens is 200 g/mol. The maximum Gasteiger partial charge on any atom is 0.0883 e. The Bertz CT molecular complexity index is 439. The minimum absolute atomic E-state index is 0.0581. The Labute approximate surface area is 86.6 Å². The lowest BCUT2D eigenvalue weighted by atomic mass is 10.3. The van der Waals surface area contributed by atoms with E-state index in [1.807, 2.05) is 18.2 Å². The van der Waals surface area contributed by atoms with E-state index >= 15 is 0 Å². The Morgan fingerprint density at radius 1 is 1.29 bits per heavy atom. The summed E-state index contributed by atoms with van der Waals surface area (Å²) in [6, 6.07) is 9.18. The van der Waals surface area contributed by atoms with Crippen molar-refractivity contribution in [3.63, 3.8) is 0 Å². The van der Waals surface area contributed by atoms with E-state index in [4.69, 9.17) is 16.7 Å². The molecule has 2 aromatic rings. The summed E-state index contributed by atoms with van der Waals surface area (Å²) in [7, 11) is 0. The zero-order valence-corrected chi connectivity index (χ0v) is 8.15. The second-order valence-corrected chi connectivity index (χ2v) is 3.27. The van der Waals surface area contributed by atoms with Gasteiger partial charge < -0.3 is 5.11 Å². The zero-order chi connectivity index (χ0) is 9.97. The maximum atomic E-state index is 8.86. The highest BCUT2D eigenvalue weighted by Gasteiger charge is 2.03. The van der Waals surface area contributed by atoms with Crippen LogP contribution < -0.4 is 0 Å². The van der Waals surface area contributed by atoms with Gasteiger partial charge in [-0.05, 0) is 18.2 Å². The molecule has 0 atom stereocenters. The van der Waals surface area contributed by atoms with Crippen LogP contribution in [0.15, 0.2) is 36.5 Å². The third-order valence-electron chi connectivity index (χ3n) is 1.91. The number of hydrogen-bond donors (Lipinski definition) is 1. The monoisotopic (exact) mass is 208 g/mol. The lowest BCUT2D eigenvalue weighted by molar-refractivity contribution is 0.276. The van der Waals surface area contributed by atoms with Crippen molar-refractivity contribution in [1.82, 2.24) is 9.78 Å². The van der Waals surface area contributed by atoms with Gasteiger partial charge in [0.25, 0.3) is 0 Å². The zero-order valence-electron chi connectivity index (χ0n) is 7.39. The summed E-state index contributed by atoms with van der Waals surface area (Å²) < 4.78 is 1.65. The molecule has 0 spiro atoms. The molecule has 0 aliphatic rings. The van der Waals surface area contributed by atoms with Gasteiger partial charge in [-0.3, -0.25) is 0 Å². The Hall–Kier alpha value is -1.32. The standard InChI is InChI=1S/C10H9ClN2O/c11-9-3-1-2-4-10(9)13-6-5-8(7-14)12-13/h1-6,14H,7H2. The van der Waals surface area contributed by atoms with Crippen molar-refractivity contribution in [2.75, 3.05) is 0 Å². The molecule has 1 aromatic carbocycles. The molecule has 1 aromatic heterocycles. The predicted molar refractivity (Wildman–Crippen MR) is 54.5 cm³/mol. The summed E-state index contributed by atoms with van der Waals surface area (Å²) in [5.74, 6) is 0. The molecule has 0 radical (unpaired) electrons. The van der Waals surface area contributed by atoms with E-state index < -0.39 is 0 Å². The molecule has 0 aliphatic carbocycles. The Balaban J connectivity index is 2.44. The van der Waals surface area contributed by atoms with Crippen LogP contribution in [-0.4, -0.2) is 14.9 Å². The van der Waals surface area contributed by atoms with Crippen LogP contribution in [0.3, 0.4) is 0 Å². The number of nitrogens with zero attached hydrogens (tertiary/aromatic N) is 2. The number of halogens is 1. The van der Waals surface area contributed by atoms with Crippen molar-refractivity contribution in [3.05, 3.63) is 47.2 Å². The smallest absolute Gasteiger partial charge is 0.0883 e. The van der Waals surface area contributed by atoms with E-state index in [1.165, 1.54) is 0 Å². The molecule has 3 nitrogen and oxygen atoms in total. The fraction of sp³-hybridized carbons (Fsp3) is 0.100. The summed E-state index contributed by atoms with van der Waals surface area (Å²) in [6.07, 6.45) is 1.77. The first-order valence-corrected chi connectivity index (χ1v) is 4.59. The van der Waals surface area contributed by atoms with Crippen LogP contribution >= 0.6 is 11.6 Å². The molecule has 14 heavy (non-hydrogen) atoms. The largest absolute Gasteiger partial charge is 0.390 e.